The summed E-state index contributed by atoms with van der Waals surface area (Å²) in [5, 5.41) is 5.56. The van der Waals surface area contributed by atoms with Crippen molar-refractivity contribution in [3.8, 4) is 0 Å². The number of piperidine rings is 1. The van der Waals surface area contributed by atoms with E-state index in [1.54, 1.807) is 17.0 Å². The van der Waals surface area contributed by atoms with Crippen molar-refractivity contribution in [3.05, 3.63) is 54.6 Å². The molecule has 0 aromatic heterocycles. The van der Waals surface area contributed by atoms with Gasteiger partial charge in [-0.15, -0.1) is 0 Å². The molecule has 2 aromatic rings. The van der Waals surface area contributed by atoms with E-state index in [9.17, 15) is 22.8 Å². The SMILES string of the molecule is CCC(C)CNC(=O)CN1CN(c2ccccc2)C2(CCN(S(=O)(=O)c3ccc(NC(C)=O)cc3)CC2)C1=O. The minimum atomic E-state index is -3.79. The van der Waals surface area contributed by atoms with E-state index in [1.807, 2.05) is 35.2 Å². The molecule has 0 aliphatic carbocycles. The Kier molecular flexibility index (Phi) is 8.60. The molecule has 2 N–H and O–H groups in total. The highest BCUT2D eigenvalue weighted by atomic mass is 32.2. The number of nitrogens with zero attached hydrogens (tertiary/aromatic N) is 3. The number of para-hydroxylation sites is 1. The van der Waals surface area contributed by atoms with Gasteiger partial charge in [-0.1, -0.05) is 38.5 Å². The van der Waals surface area contributed by atoms with E-state index in [-0.39, 0.29) is 48.9 Å². The van der Waals surface area contributed by atoms with Gasteiger partial charge in [0.1, 0.15) is 12.1 Å². The fourth-order valence-electron chi connectivity index (χ4n) is 5.14. The van der Waals surface area contributed by atoms with Crippen LogP contribution >= 0.6 is 0 Å². The van der Waals surface area contributed by atoms with Crippen molar-refractivity contribution in [1.29, 1.82) is 0 Å². The van der Waals surface area contributed by atoms with Gasteiger partial charge in [-0.25, -0.2) is 8.42 Å². The average molecular weight is 556 g/mol. The fraction of sp³-hybridized carbons (Fsp3) is 0.464. The number of hydrogen-bond acceptors (Lipinski definition) is 6. The van der Waals surface area contributed by atoms with Gasteiger partial charge in [-0.05, 0) is 55.2 Å². The first-order valence-electron chi connectivity index (χ1n) is 13.3. The van der Waals surface area contributed by atoms with E-state index in [1.165, 1.54) is 23.4 Å². The first kappa shape index (κ1) is 28.6. The molecule has 1 unspecified atom stereocenters. The summed E-state index contributed by atoms with van der Waals surface area (Å²) in [6.07, 6.45) is 1.55. The molecule has 10 nitrogen and oxygen atoms in total. The zero-order chi connectivity index (χ0) is 28.2. The number of rotatable bonds is 9. The van der Waals surface area contributed by atoms with Crippen LogP contribution in [0.3, 0.4) is 0 Å². The van der Waals surface area contributed by atoms with Crippen molar-refractivity contribution >= 4 is 39.1 Å². The van der Waals surface area contributed by atoms with Crippen molar-refractivity contribution in [3.63, 3.8) is 0 Å². The van der Waals surface area contributed by atoms with E-state index < -0.39 is 15.6 Å². The number of hydrogen-bond donors (Lipinski definition) is 2. The van der Waals surface area contributed by atoms with Crippen molar-refractivity contribution < 1.29 is 22.8 Å². The molecular weight excluding hydrogens is 518 g/mol. The van der Waals surface area contributed by atoms with E-state index in [2.05, 4.69) is 24.5 Å². The summed E-state index contributed by atoms with van der Waals surface area (Å²) in [7, 11) is -3.79. The maximum absolute atomic E-state index is 13.8. The van der Waals surface area contributed by atoms with E-state index in [0.717, 1.165) is 12.1 Å². The normalized spacial score (nSPS) is 18.3. The summed E-state index contributed by atoms with van der Waals surface area (Å²) in [5.74, 6) is -0.236. The Labute approximate surface area is 230 Å². The van der Waals surface area contributed by atoms with Gasteiger partial charge in [-0.2, -0.15) is 4.31 Å². The second-order valence-corrected chi connectivity index (χ2v) is 12.3. The van der Waals surface area contributed by atoms with Crippen LogP contribution in [-0.2, 0) is 24.4 Å². The van der Waals surface area contributed by atoms with E-state index >= 15 is 0 Å². The van der Waals surface area contributed by atoms with Crippen LogP contribution in [0.15, 0.2) is 59.5 Å². The van der Waals surface area contributed by atoms with Crippen LogP contribution in [0, 0.1) is 5.92 Å². The topological polar surface area (TPSA) is 119 Å². The lowest BCUT2D eigenvalue weighted by molar-refractivity contribution is -0.137. The van der Waals surface area contributed by atoms with Gasteiger partial charge in [0.25, 0.3) is 0 Å². The average Bonchev–Trinajstić information content (AvgIpc) is 3.18. The monoisotopic (exact) mass is 555 g/mol. The number of amides is 3. The first-order valence-corrected chi connectivity index (χ1v) is 14.8. The summed E-state index contributed by atoms with van der Waals surface area (Å²) < 4.78 is 28.2. The Hall–Kier alpha value is -3.44. The maximum Gasteiger partial charge on any atom is 0.250 e. The van der Waals surface area contributed by atoms with E-state index in [4.69, 9.17) is 0 Å². The molecule has 2 fully saturated rings. The van der Waals surface area contributed by atoms with Crippen LogP contribution in [0.4, 0.5) is 11.4 Å². The molecule has 4 rings (SSSR count). The summed E-state index contributed by atoms with van der Waals surface area (Å²) in [6, 6.07) is 15.6. The largest absolute Gasteiger partial charge is 0.354 e. The zero-order valence-corrected chi connectivity index (χ0v) is 23.5. The second kappa shape index (κ2) is 11.7. The fourth-order valence-corrected chi connectivity index (χ4v) is 6.58. The van der Waals surface area contributed by atoms with Crippen LogP contribution in [-0.4, -0.2) is 73.7 Å². The molecule has 39 heavy (non-hydrogen) atoms. The minimum absolute atomic E-state index is 0.0387. The number of anilines is 2. The number of sulfonamides is 1. The highest BCUT2D eigenvalue weighted by Gasteiger charge is 2.55. The highest BCUT2D eigenvalue weighted by molar-refractivity contribution is 7.89. The number of benzene rings is 2. The molecule has 0 radical (unpaired) electrons. The first-order chi connectivity index (χ1) is 18.6. The summed E-state index contributed by atoms with van der Waals surface area (Å²) >= 11 is 0. The van der Waals surface area contributed by atoms with Crippen molar-refractivity contribution in [2.45, 2.75) is 50.5 Å². The standard InChI is InChI=1S/C28H37N5O5S/c1-4-21(2)18-29-26(35)19-31-20-33(24-8-6-5-7-9-24)28(27(31)36)14-16-32(17-15-28)39(37,38)25-12-10-23(11-13-25)30-22(3)34/h5-13,21H,4,14-20H2,1-3H3,(H,29,35)(H,30,34). The third-order valence-corrected chi connectivity index (χ3v) is 9.54. The van der Waals surface area contributed by atoms with Gasteiger partial charge in [0.15, 0.2) is 0 Å². The minimum Gasteiger partial charge on any atom is -0.354 e. The Morgan fingerprint density at radius 3 is 2.26 bits per heavy atom. The molecule has 1 atom stereocenters. The second-order valence-electron chi connectivity index (χ2n) is 10.4. The molecule has 0 saturated carbocycles. The lowest BCUT2D eigenvalue weighted by atomic mass is 9.86. The Morgan fingerprint density at radius 2 is 1.67 bits per heavy atom. The zero-order valence-electron chi connectivity index (χ0n) is 22.7. The summed E-state index contributed by atoms with van der Waals surface area (Å²) in [5.41, 5.74) is 0.445. The number of nitrogens with one attached hydrogen (secondary N) is 2. The van der Waals surface area contributed by atoms with Crippen molar-refractivity contribution in [2.75, 3.05) is 43.1 Å². The number of carbonyl (C=O) groups excluding carboxylic acids is 3. The predicted octanol–water partition coefficient (Wildman–Crippen LogP) is 2.64. The molecule has 1 spiro atoms. The Morgan fingerprint density at radius 1 is 1.03 bits per heavy atom. The van der Waals surface area contributed by atoms with Crippen LogP contribution in [0.2, 0.25) is 0 Å². The van der Waals surface area contributed by atoms with Gasteiger partial charge in [0.2, 0.25) is 27.7 Å². The number of carbonyl (C=O) groups is 3. The Bertz CT molecular complexity index is 1290. The third-order valence-electron chi connectivity index (χ3n) is 7.62. The van der Waals surface area contributed by atoms with Crippen LogP contribution in [0.5, 0.6) is 0 Å². The quantitative estimate of drug-likeness (QED) is 0.491. The molecule has 2 saturated heterocycles. The van der Waals surface area contributed by atoms with Gasteiger partial charge >= 0.3 is 0 Å². The molecule has 210 valence electrons. The third kappa shape index (κ3) is 6.09. The lowest BCUT2D eigenvalue weighted by Gasteiger charge is -2.42. The van der Waals surface area contributed by atoms with Crippen LogP contribution in [0.25, 0.3) is 0 Å². The van der Waals surface area contributed by atoms with Crippen LogP contribution in [0.1, 0.15) is 40.0 Å². The molecule has 2 heterocycles. The van der Waals surface area contributed by atoms with Gasteiger partial charge < -0.3 is 20.4 Å². The van der Waals surface area contributed by atoms with Gasteiger partial charge in [0, 0.05) is 37.9 Å². The predicted molar refractivity (Wildman–Crippen MR) is 149 cm³/mol. The van der Waals surface area contributed by atoms with Gasteiger partial charge in [-0.3, -0.25) is 14.4 Å². The van der Waals surface area contributed by atoms with Crippen molar-refractivity contribution in [2.24, 2.45) is 5.92 Å². The summed E-state index contributed by atoms with van der Waals surface area (Å²) in [6.45, 7) is 6.63. The molecule has 2 aromatic carbocycles. The molecule has 3 amide bonds. The molecular formula is C28H37N5O5S. The Balaban J connectivity index is 1.51. The molecule has 0 bridgehead atoms. The molecule has 2 aliphatic heterocycles. The van der Waals surface area contributed by atoms with Crippen molar-refractivity contribution in [1.82, 2.24) is 14.5 Å². The van der Waals surface area contributed by atoms with E-state index in [0.29, 0.717) is 31.0 Å². The van der Waals surface area contributed by atoms with Gasteiger partial charge in [0.05, 0.1) is 11.6 Å². The molecule has 11 heteroatoms. The smallest absolute Gasteiger partial charge is 0.250 e. The molecule has 2 aliphatic rings. The van der Waals surface area contributed by atoms with Crippen LogP contribution < -0.4 is 15.5 Å². The summed E-state index contributed by atoms with van der Waals surface area (Å²) in [4.78, 5) is 41.5. The maximum atomic E-state index is 13.8. The highest BCUT2D eigenvalue weighted by Crippen LogP contribution is 2.40. The lowest BCUT2D eigenvalue weighted by Crippen LogP contribution is -2.57.